The molecule has 6 aliphatic rings. The van der Waals surface area contributed by atoms with Gasteiger partial charge in [0.25, 0.3) is 0 Å². The summed E-state index contributed by atoms with van der Waals surface area (Å²) in [6.07, 6.45) is 9.94. The highest BCUT2D eigenvalue weighted by molar-refractivity contribution is 8.15. The number of benzene rings is 1. The summed E-state index contributed by atoms with van der Waals surface area (Å²) in [5, 5.41) is 38.6. The van der Waals surface area contributed by atoms with Gasteiger partial charge >= 0.3 is 12.1 Å². The van der Waals surface area contributed by atoms with Gasteiger partial charge < -0.3 is 54.7 Å². The molecule has 1 aromatic carbocycles. The van der Waals surface area contributed by atoms with Gasteiger partial charge in [0, 0.05) is 79.7 Å². The number of carboxylic acid groups (broad SMARTS) is 1. The van der Waals surface area contributed by atoms with E-state index in [1.165, 1.54) is 29.5 Å². The van der Waals surface area contributed by atoms with Crippen molar-refractivity contribution in [3.8, 4) is 5.75 Å². The maximum Gasteiger partial charge on any atom is 0.415 e. The number of Topliss-reactive ketones (excluding diaryl/α,β-unsaturated/α-hetero) is 2. The van der Waals surface area contributed by atoms with Gasteiger partial charge in [-0.3, -0.25) is 24.2 Å². The third-order valence-electron chi connectivity index (χ3n) is 20.6. The number of carboxylic acids is 1. The van der Waals surface area contributed by atoms with Crippen LogP contribution in [0.1, 0.15) is 144 Å². The maximum absolute atomic E-state index is 13.8. The molecular weight excluding hydrogens is 1140 g/mol. The predicted octanol–water partition coefficient (Wildman–Crippen LogP) is 8.67. The van der Waals surface area contributed by atoms with Gasteiger partial charge in [0.2, 0.25) is 11.8 Å². The molecule has 0 spiro atoms. The number of likely N-dealkylation sites (N-methyl/N-ethyl adjacent to an activating group) is 1. The summed E-state index contributed by atoms with van der Waals surface area (Å²) >= 11 is 2.70. The zero-order chi connectivity index (χ0) is 62.1. The van der Waals surface area contributed by atoms with E-state index in [-0.39, 0.29) is 79.2 Å². The fourth-order valence-electron chi connectivity index (χ4n) is 15.4. The lowest BCUT2D eigenvalue weighted by Gasteiger charge is -2.62. The minimum absolute atomic E-state index is 0.0466. The van der Waals surface area contributed by atoms with Crippen molar-refractivity contribution >= 4 is 73.8 Å². The van der Waals surface area contributed by atoms with Crippen LogP contribution >= 0.6 is 23.1 Å². The van der Waals surface area contributed by atoms with E-state index in [2.05, 4.69) is 46.3 Å². The summed E-state index contributed by atoms with van der Waals surface area (Å²) in [5.41, 5.74) is 2.52. The molecule has 1 unspecified atom stereocenters. The number of aliphatic hydroxyl groups excluding tert-OH is 2. The molecule has 0 bridgehead atoms. The van der Waals surface area contributed by atoms with Crippen LogP contribution < -0.4 is 15.4 Å². The Labute approximate surface area is 516 Å². The number of thiazole rings is 1. The van der Waals surface area contributed by atoms with E-state index in [4.69, 9.17) is 18.9 Å². The Morgan fingerprint density at radius 3 is 2.17 bits per heavy atom. The molecule has 1 aromatic heterocycles. The van der Waals surface area contributed by atoms with Crippen molar-refractivity contribution in [3.05, 3.63) is 45.5 Å². The fourth-order valence-corrected chi connectivity index (χ4v) is 17.5. The monoisotopic (exact) mass is 1230 g/mol. The topological polar surface area (TPSA) is 256 Å². The highest BCUT2D eigenvalue weighted by Crippen LogP contribution is 2.68. The Balaban J connectivity index is 0.687. The second kappa shape index (κ2) is 29.8. The fraction of sp³-hybridized carbons (Fsp3) is 0.723. The number of carbonyl (C=O) groups excluding carboxylic acids is 5. The van der Waals surface area contributed by atoms with Crippen molar-refractivity contribution in [3.63, 3.8) is 0 Å². The molecule has 1 aliphatic heterocycles. The number of thioether (sulfide) groups is 1. The van der Waals surface area contributed by atoms with Crippen LogP contribution in [0.2, 0.25) is 0 Å². The van der Waals surface area contributed by atoms with Crippen LogP contribution in [0.15, 0.2) is 45.5 Å². The van der Waals surface area contributed by atoms with Crippen molar-refractivity contribution in [2.45, 2.75) is 157 Å². The molecule has 4 saturated carbocycles. The van der Waals surface area contributed by atoms with Crippen LogP contribution in [0.5, 0.6) is 5.75 Å². The van der Waals surface area contributed by atoms with Crippen molar-refractivity contribution in [1.82, 2.24) is 25.4 Å². The predicted molar refractivity (Wildman–Crippen MR) is 333 cm³/mol. The normalized spacial score (nSPS) is 27.9. The van der Waals surface area contributed by atoms with Crippen molar-refractivity contribution < 1.29 is 63.0 Å². The summed E-state index contributed by atoms with van der Waals surface area (Å²) in [7, 11) is 1.95. The van der Waals surface area contributed by atoms with E-state index in [1.807, 2.05) is 20.9 Å². The lowest BCUT2D eigenvalue weighted by Crippen LogP contribution is -2.58. The third kappa shape index (κ3) is 16.0. The summed E-state index contributed by atoms with van der Waals surface area (Å²) in [5.74, 6) is 2.18. The third-order valence-corrected chi connectivity index (χ3v) is 22.8. The van der Waals surface area contributed by atoms with Gasteiger partial charge in [0.1, 0.15) is 15.8 Å². The molecule has 2 aromatic rings. The number of nitrogens with one attached hydrogen (secondary N) is 2. The number of aromatic nitrogens is 1. The van der Waals surface area contributed by atoms with Gasteiger partial charge in [-0.05, 0) is 169 Å². The maximum atomic E-state index is 13.8. The smallest absolute Gasteiger partial charge is 0.415 e. The first-order chi connectivity index (χ1) is 40.9. The minimum atomic E-state index is -0.977. The van der Waals surface area contributed by atoms with Crippen LogP contribution in [0.3, 0.4) is 0 Å². The van der Waals surface area contributed by atoms with Gasteiger partial charge in [-0.15, -0.1) is 23.1 Å². The van der Waals surface area contributed by atoms with E-state index >= 15 is 0 Å². The molecule has 19 nitrogen and oxygen atoms in total. The molecule has 2 heterocycles. The molecule has 0 radical (unpaired) electrons. The quantitative estimate of drug-likeness (QED) is 0.0362. The number of fused-ring (bicyclic) bond motifs is 6. The molecule has 5 aliphatic carbocycles. The summed E-state index contributed by atoms with van der Waals surface area (Å²) in [6, 6.07) is 4.35. The molecule has 8 rings (SSSR count). The van der Waals surface area contributed by atoms with Gasteiger partial charge in [-0.25, -0.2) is 14.6 Å². The van der Waals surface area contributed by atoms with Crippen LogP contribution in [0.4, 0.5) is 4.79 Å². The number of hydrogen-bond acceptors (Lipinski definition) is 17. The summed E-state index contributed by atoms with van der Waals surface area (Å²) in [4.78, 5) is 89.7. The molecule has 21 heteroatoms. The number of aliphatic carboxylic acids is 1. The van der Waals surface area contributed by atoms with Crippen LogP contribution in [0, 0.1) is 51.8 Å². The molecule has 476 valence electrons. The number of amides is 3. The number of aliphatic hydroxyl groups is 2. The molecule has 86 heavy (non-hydrogen) atoms. The SMILES string of the molecule is CC1=C(C)C(=O)C(C(C)(C)CCN(C)CCN(CCOCCOCCOCCC(=O)NCCCNC(=O)CC[C@H](C)[C@@H]2CC[C@@H]3[C@@H]4[C@@H](CC[C@]32C)[C@]2(C)CC[C@H](O)C[C@@H]2C[C@@H]4O)C(=O)Oc2ccc3nc(C4=NC(C(=O)O)CS4)sc3c2)=C(C)C1=O. The Kier molecular flexibility index (Phi) is 23.3. The molecule has 5 N–H and O–H groups in total. The molecule has 0 saturated heterocycles. The lowest BCUT2D eigenvalue weighted by molar-refractivity contribution is -0.174. The number of allylic oxidation sites excluding steroid dienone is 4. The highest BCUT2D eigenvalue weighted by atomic mass is 32.2. The first-order valence-corrected chi connectivity index (χ1v) is 33.3. The number of hydrogen-bond donors (Lipinski definition) is 5. The van der Waals surface area contributed by atoms with Gasteiger partial charge in [-0.2, -0.15) is 0 Å². The molecule has 3 amide bonds. The van der Waals surface area contributed by atoms with Crippen molar-refractivity contribution in [2.75, 3.05) is 91.7 Å². The second-order valence-electron chi connectivity index (χ2n) is 26.6. The number of aliphatic imine (C=N–C) groups is 1. The number of nitrogens with zero attached hydrogens (tertiary/aromatic N) is 4. The minimum Gasteiger partial charge on any atom is -0.480 e. The van der Waals surface area contributed by atoms with Crippen molar-refractivity contribution in [2.24, 2.45) is 56.7 Å². The first kappa shape index (κ1) is 67.3. The van der Waals surface area contributed by atoms with Crippen molar-refractivity contribution in [1.29, 1.82) is 0 Å². The number of ketones is 2. The number of rotatable bonds is 30. The van der Waals surface area contributed by atoms with Crippen LogP contribution in [-0.4, -0.2) is 181 Å². The zero-order valence-electron chi connectivity index (χ0n) is 52.3. The standard InChI is InChI=1S/C65H96N6O13S2/c1-39(46-13-14-47-55-48(18-21-65(46,47)8)64(7)20-17-44(72)35-43(64)36-51(55)73)11-16-53(74)66-23-10-24-67-54(75)19-29-81-31-33-83-34-32-82-30-28-71(27-26-70(9)25-22-63(5,6)56-42(4)57(76)40(2)41(3)58(56)77)62(80)84-45-12-15-49-52(37-45)86-60(68-49)59-69-50(38-85-59)61(78)79/h12,15,37,39,43-44,46-48,50-51,55,72-73H,10-11,13-14,16-36,38H2,1-9H3,(H,66,74)(H,67,75)(H,78,79)/t39-,43+,44-,46-,47+,48+,50?,51-,55+,64+,65-/m0/s1. The number of ether oxygens (including phenoxy) is 4. The molecular formula is C65H96N6O13S2. The largest absolute Gasteiger partial charge is 0.480 e. The average Bonchev–Trinajstić information content (AvgIpc) is 2.83. The highest BCUT2D eigenvalue weighted by Gasteiger charge is 2.63. The summed E-state index contributed by atoms with van der Waals surface area (Å²) in [6.45, 7) is 20.5. The van der Waals surface area contributed by atoms with Crippen LogP contribution in [-0.2, 0) is 38.2 Å². The van der Waals surface area contributed by atoms with Gasteiger partial charge in [0.05, 0.1) is 62.1 Å². The second-order valence-corrected chi connectivity index (χ2v) is 28.6. The van der Waals surface area contributed by atoms with E-state index < -0.39 is 23.5 Å². The van der Waals surface area contributed by atoms with E-state index in [0.717, 1.165) is 56.1 Å². The van der Waals surface area contributed by atoms with E-state index in [1.54, 1.807) is 43.9 Å². The zero-order valence-corrected chi connectivity index (χ0v) is 54.0. The van der Waals surface area contributed by atoms with E-state index in [0.29, 0.717) is 157 Å². The lowest BCUT2D eigenvalue weighted by atomic mass is 9.43. The Morgan fingerprint density at radius 2 is 1.47 bits per heavy atom. The van der Waals surface area contributed by atoms with Gasteiger partial charge in [0.15, 0.2) is 17.6 Å². The Bertz CT molecular complexity index is 2870. The number of carbonyl (C=O) groups is 6. The Hall–Kier alpha value is -4.61. The summed E-state index contributed by atoms with van der Waals surface area (Å²) < 4.78 is 23.9. The molecule has 11 atom stereocenters. The average molecular weight is 1230 g/mol. The first-order valence-electron chi connectivity index (χ1n) is 31.5. The van der Waals surface area contributed by atoms with Gasteiger partial charge in [-0.1, -0.05) is 34.6 Å². The molecule has 4 fully saturated rings. The van der Waals surface area contributed by atoms with E-state index in [9.17, 15) is 44.1 Å². The van der Waals surface area contributed by atoms with Crippen LogP contribution in [0.25, 0.3) is 10.2 Å². The Morgan fingerprint density at radius 1 is 0.802 bits per heavy atom.